The van der Waals surface area contributed by atoms with Crippen molar-refractivity contribution in [2.75, 3.05) is 19.6 Å². The van der Waals surface area contributed by atoms with Gasteiger partial charge in [0.05, 0.1) is 11.0 Å². The number of carbonyl (C=O) groups is 1. The van der Waals surface area contributed by atoms with Crippen LogP contribution in [0.3, 0.4) is 0 Å². The molecule has 2 saturated heterocycles. The van der Waals surface area contributed by atoms with Crippen molar-refractivity contribution < 1.29 is 14.6 Å². The molecule has 0 aliphatic carbocycles. The first-order valence-corrected chi connectivity index (χ1v) is 8.60. The zero-order valence-corrected chi connectivity index (χ0v) is 14.1. The lowest BCUT2D eigenvalue weighted by molar-refractivity contribution is -0.147. The molecule has 1 N–H and O–H groups in total. The number of piperidine rings is 1. The second-order valence-corrected chi connectivity index (χ2v) is 7.64. The fraction of sp³-hybridized carbons (Fsp3) is 0.632. The van der Waals surface area contributed by atoms with Crippen LogP contribution in [-0.2, 0) is 15.1 Å². The number of ether oxygens (including phenoxy) is 1. The largest absolute Gasteiger partial charge is 0.462 e. The lowest BCUT2D eigenvalue weighted by Crippen LogP contribution is -2.43. The van der Waals surface area contributed by atoms with Crippen LogP contribution in [0.2, 0.25) is 0 Å². The van der Waals surface area contributed by atoms with Gasteiger partial charge in [-0.2, -0.15) is 0 Å². The van der Waals surface area contributed by atoms with Crippen LogP contribution in [0, 0.1) is 5.41 Å². The van der Waals surface area contributed by atoms with Gasteiger partial charge in [-0.1, -0.05) is 30.3 Å². The lowest BCUT2D eigenvalue weighted by atomic mass is 9.84. The number of hydrogen-bond acceptors (Lipinski definition) is 4. The van der Waals surface area contributed by atoms with E-state index in [-0.39, 0.29) is 17.5 Å². The Kier molecular flexibility index (Phi) is 4.47. The molecular weight excluding hydrogens is 290 g/mol. The van der Waals surface area contributed by atoms with Gasteiger partial charge in [-0.3, -0.25) is 4.79 Å². The van der Waals surface area contributed by atoms with E-state index in [0.717, 1.165) is 50.9 Å². The Hall–Kier alpha value is -1.39. The van der Waals surface area contributed by atoms with Gasteiger partial charge in [0.1, 0.15) is 6.10 Å². The molecule has 0 saturated carbocycles. The average molecular weight is 317 g/mol. The van der Waals surface area contributed by atoms with Crippen LogP contribution in [0.1, 0.15) is 45.1 Å². The highest BCUT2D eigenvalue weighted by atomic mass is 16.6. The summed E-state index contributed by atoms with van der Waals surface area (Å²) in [7, 11) is 0. The molecule has 2 fully saturated rings. The predicted molar refractivity (Wildman–Crippen MR) is 88.9 cm³/mol. The van der Waals surface area contributed by atoms with Gasteiger partial charge in [-0.25, -0.2) is 0 Å². The van der Waals surface area contributed by atoms with E-state index in [1.54, 1.807) is 0 Å². The number of carbonyl (C=O) groups excluding carboxylic acids is 1. The van der Waals surface area contributed by atoms with Gasteiger partial charge in [0, 0.05) is 19.6 Å². The summed E-state index contributed by atoms with van der Waals surface area (Å²) in [6, 6.07) is 9.96. The molecule has 1 aromatic carbocycles. The molecule has 0 radical (unpaired) electrons. The summed E-state index contributed by atoms with van der Waals surface area (Å²) in [6.07, 6.45) is 3.26. The topological polar surface area (TPSA) is 49.8 Å². The minimum Gasteiger partial charge on any atom is -0.462 e. The van der Waals surface area contributed by atoms with E-state index in [1.807, 2.05) is 44.2 Å². The monoisotopic (exact) mass is 317 g/mol. The Morgan fingerprint density at radius 2 is 1.87 bits per heavy atom. The van der Waals surface area contributed by atoms with Crippen molar-refractivity contribution in [3.63, 3.8) is 0 Å². The van der Waals surface area contributed by atoms with Gasteiger partial charge in [0.2, 0.25) is 0 Å². The Morgan fingerprint density at radius 1 is 1.22 bits per heavy atom. The van der Waals surface area contributed by atoms with Crippen LogP contribution in [0.25, 0.3) is 0 Å². The van der Waals surface area contributed by atoms with Crippen LogP contribution in [0.4, 0.5) is 0 Å². The summed E-state index contributed by atoms with van der Waals surface area (Å²) < 4.78 is 5.46. The second-order valence-electron chi connectivity index (χ2n) is 7.64. The third kappa shape index (κ3) is 3.59. The molecule has 0 bridgehead atoms. The van der Waals surface area contributed by atoms with Gasteiger partial charge < -0.3 is 14.7 Å². The molecule has 4 heteroatoms. The highest BCUT2D eigenvalue weighted by molar-refractivity contribution is 5.78. The molecule has 2 aliphatic heterocycles. The third-order valence-corrected chi connectivity index (χ3v) is 5.33. The van der Waals surface area contributed by atoms with Crippen molar-refractivity contribution in [2.45, 2.75) is 51.2 Å². The van der Waals surface area contributed by atoms with Gasteiger partial charge >= 0.3 is 5.97 Å². The van der Waals surface area contributed by atoms with Crippen molar-refractivity contribution in [3.05, 3.63) is 35.9 Å². The smallest absolute Gasteiger partial charge is 0.311 e. The minimum atomic E-state index is -0.695. The molecule has 0 aromatic heterocycles. The zero-order valence-electron chi connectivity index (χ0n) is 14.1. The molecule has 2 aliphatic rings. The molecule has 4 nitrogen and oxygen atoms in total. The second kappa shape index (κ2) is 6.25. The number of benzene rings is 1. The lowest BCUT2D eigenvalue weighted by Gasteiger charge is -2.38. The van der Waals surface area contributed by atoms with Gasteiger partial charge in [-0.05, 0) is 45.1 Å². The Labute approximate surface area is 138 Å². The van der Waals surface area contributed by atoms with Crippen molar-refractivity contribution in [1.29, 1.82) is 0 Å². The van der Waals surface area contributed by atoms with E-state index in [0.29, 0.717) is 0 Å². The first-order chi connectivity index (χ1) is 10.9. The standard InChI is InChI=1S/C19H27NO3/c1-18(2)14-16(23-17(18)21)8-11-20-12-9-19(22,10-13-20)15-6-4-3-5-7-15/h3-7,16,22H,8-14H2,1-2H3. The molecule has 1 aromatic rings. The fourth-order valence-corrected chi connectivity index (χ4v) is 3.68. The number of rotatable bonds is 4. The van der Waals surface area contributed by atoms with Crippen LogP contribution in [0.5, 0.6) is 0 Å². The molecule has 3 rings (SSSR count). The summed E-state index contributed by atoms with van der Waals surface area (Å²) in [4.78, 5) is 14.1. The van der Waals surface area contributed by atoms with E-state index < -0.39 is 5.60 Å². The van der Waals surface area contributed by atoms with Crippen molar-refractivity contribution in [1.82, 2.24) is 4.90 Å². The number of cyclic esters (lactones) is 1. The average Bonchev–Trinajstić information content (AvgIpc) is 2.80. The molecule has 1 atom stereocenters. The highest BCUT2D eigenvalue weighted by Gasteiger charge is 2.41. The Morgan fingerprint density at radius 3 is 2.43 bits per heavy atom. The number of likely N-dealkylation sites (tertiary alicyclic amines) is 1. The summed E-state index contributed by atoms with van der Waals surface area (Å²) in [5, 5.41) is 10.8. The summed E-state index contributed by atoms with van der Waals surface area (Å²) in [5.41, 5.74) is -0.00852. The normalized spacial score (nSPS) is 26.9. The summed E-state index contributed by atoms with van der Waals surface area (Å²) in [6.45, 7) is 6.61. The third-order valence-electron chi connectivity index (χ3n) is 5.33. The van der Waals surface area contributed by atoms with Crippen molar-refractivity contribution in [3.8, 4) is 0 Å². The fourth-order valence-electron chi connectivity index (χ4n) is 3.68. The molecule has 1 unspecified atom stereocenters. The molecule has 23 heavy (non-hydrogen) atoms. The van der Waals surface area contributed by atoms with E-state index in [2.05, 4.69) is 4.90 Å². The molecule has 126 valence electrons. The van der Waals surface area contributed by atoms with Gasteiger partial charge in [-0.15, -0.1) is 0 Å². The van der Waals surface area contributed by atoms with E-state index in [4.69, 9.17) is 4.74 Å². The maximum atomic E-state index is 11.7. The molecular formula is C19H27NO3. The van der Waals surface area contributed by atoms with Crippen molar-refractivity contribution in [2.24, 2.45) is 5.41 Å². The predicted octanol–water partition coefficient (Wildman–Crippen LogP) is 2.70. The Balaban J connectivity index is 1.48. The quantitative estimate of drug-likeness (QED) is 0.868. The highest BCUT2D eigenvalue weighted by Crippen LogP contribution is 2.35. The van der Waals surface area contributed by atoms with Crippen LogP contribution < -0.4 is 0 Å². The first kappa shape index (κ1) is 16.5. The number of hydrogen-bond donors (Lipinski definition) is 1. The minimum absolute atomic E-state index is 0.0485. The Bertz CT molecular complexity index is 547. The van der Waals surface area contributed by atoms with Gasteiger partial charge in [0.25, 0.3) is 0 Å². The molecule has 0 spiro atoms. The van der Waals surface area contributed by atoms with Crippen LogP contribution in [0.15, 0.2) is 30.3 Å². The molecule has 2 heterocycles. The maximum absolute atomic E-state index is 11.7. The van der Waals surface area contributed by atoms with Crippen LogP contribution >= 0.6 is 0 Å². The van der Waals surface area contributed by atoms with Gasteiger partial charge in [0.15, 0.2) is 0 Å². The maximum Gasteiger partial charge on any atom is 0.311 e. The summed E-state index contributed by atoms with van der Waals surface area (Å²) >= 11 is 0. The zero-order chi connectivity index (χ0) is 16.5. The number of esters is 1. The number of nitrogens with zero attached hydrogens (tertiary/aromatic N) is 1. The summed E-state index contributed by atoms with van der Waals surface area (Å²) in [5.74, 6) is -0.0698. The van der Waals surface area contributed by atoms with E-state index in [1.165, 1.54) is 0 Å². The first-order valence-electron chi connectivity index (χ1n) is 8.60. The van der Waals surface area contributed by atoms with E-state index >= 15 is 0 Å². The molecule has 0 amide bonds. The van der Waals surface area contributed by atoms with Crippen LogP contribution in [-0.4, -0.2) is 41.7 Å². The van der Waals surface area contributed by atoms with E-state index in [9.17, 15) is 9.90 Å². The van der Waals surface area contributed by atoms with Crippen molar-refractivity contribution >= 4 is 5.97 Å². The number of aliphatic hydroxyl groups is 1. The SMILES string of the molecule is CC1(C)CC(CCN2CCC(O)(c3ccccc3)CC2)OC1=O.